The van der Waals surface area contributed by atoms with Crippen molar-refractivity contribution in [2.75, 3.05) is 0 Å². The zero-order valence-corrected chi connectivity index (χ0v) is 17.4. The van der Waals surface area contributed by atoms with Crippen LogP contribution in [0.2, 0.25) is 0 Å². The topological polar surface area (TPSA) is 47.8 Å². The number of aromatic nitrogens is 3. The van der Waals surface area contributed by atoms with E-state index in [1.807, 2.05) is 77.5 Å². The number of hydrogen-bond donors (Lipinski definition) is 0. The summed E-state index contributed by atoms with van der Waals surface area (Å²) in [7, 11) is 0. The van der Waals surface area contributed by atoms with E-state index in [1.165, 1.54) is 0 Å². The molecule has 0 aliphatic carbocycles. The third-order valence-electron chi connectivity index (χ3n) is 5.74. The van der Waals surface area contributed by atoms with Crippen molar-refractivity contribution >= 4 is 6.29 Å². The Hall–Kier alpha value is -4.31. The highest BCUT2D eigenvalue weighted by molar-refractivity contribution is 5.85. The number of benzene rings is 4. The van der Waals surface area contributed by atoms with Gasteiger partial charge in [0.05, 0.1) is 0 Å². The molecule has 0 aliphatic rings. The van der Waals surface area contributed by atoms with Crippen molar-refractivity contribution in [3.63, 3.8) is 0 Å². The summed E-state index contributed by atoms with van der Waals surface area (Å²) in [4.78, 5) is 16.2. The van der Waals surface area contributed by atoms with Gasteiger partial charge in [-0.05, 0) is 16.7 Å². The Morgan fingerprint density at radius 2 is 1.09 bits per heavy atom. The van der Waals surface area contributed by atoms with Gasteiger partial charge >= 0.3 is 0 Å². The lowest BCUT2D eigenvalue weighted by molar-refractivity contribution is 0.112. The Morgan fingerprint density at radius 3 is 1.59 bits per heavy atom. The van der Waals surface area contributed by atoms with Crippen molar-refractivity contribution < 1.29 is 4.79 Å². The van der Waals surface area contributed by atoms with Crippen molar-refractivity contribution in [3.05, 3.63) is 144 Å². The predicted octanol–water partition coefficient (Wildman–Crippen LogP) is 5.60. The quantitative estimate of drug-likeness (QED) is 0.268. The molecule has 32 heavy (non-hydrogen) atoms. The molecule has 0 radical (unpaired) electrons. The molecule has 0 N–H and O–H groups in total. The highest BCUT2D eigenvalue weighted by Crippen LogP contribution is 2.40. The Kier molecular flexibility index (Phi) is 5.18. The lowest BCUT2D eigenvalue weighted by Crippen LogP contribution is -2.38. The Bertz CT molecular complexity index is 1230. The summed E-state index contributed by atoms with van der Waals surface area (Å²) in [5.41, 5.74) is 3.75. The zero-order valence-electron chi connectivity index (χ0n) is 17.4. The van der Waals surface area contributed by atoms with E-state index in [1.54, 1.807) is 12.4 Å². The number of carbonyl (C=O) groups excluding carboxylic acids is 1. The summed E-state index contributed by atoms with van der Waals surface area (Å²) in [6, 6.07) is 38.3. The SMILES string of the molecule is O=Cc1ccccc1-c1ncn(C(c2ccccc2)(c2ccccc2)c2ccccc2)n1. The molecule has 0 atom stereocenters. The first-order chi connectivity index (χ1) is 15.8. The lowest BCUT2D eigenvalue weighted by atomic mass is 9.77. The summed E-state index contributed by atoms with van der Waals surface area (Å²) in [6.45, 7) is 0. The first kappa shape index (κ1) is 19.6. The molecule has 5 rings (SSSR count). The van der Waals surface area contributed by atoms with Crippen molar-refractivity contribution in [1.82, 2.24) is 14.8 Å². The van der Waals surface area contributed by atoms with E-state index >= 15 is 0 Å². The second-order valence-corrected chi connectivity index (χ2v) is 7.53. The first-order valence-corrected chi connectivity index (χ1v) is 10.5. The molecule has 4 heteroatoms. The minimum Gasteiger partial charge on any atom is -0.298 e. The molecule has 0 saturated heterocycles. The molecule has 154 valence electrons. The molecule has 5 aromatic rings. The van der Waals surface area contributed by atoms with Crippen molar-refractivity contribution in [3.8, 4) is 11.4 Å². The van der Waals surface area contributed by atoms with Crippen LogP contribution in [0, 0.1) is 0 Å². The van der Waals surface area contributed by atoms with E-state index < -0.39 is 5.54 Å². The van der Waals surface area contributed by atoms with Crippen LogP contribution < -0.4 is 0 Å². The van der Waals surface area contributed by atoms with E-state index in [0.717, 1.165) is 23.0 Å². The summed E-state index contributed by atoms with van der Waals surface area (Å²) in [5, 5.41) is 4.94. The van der Waals surface area contributed by atoms with Gasteiger partial charge in [0.2, 0.25) is 0 Å². The van der Waals surface area contributed by atoms with Gasteiger partial charge in [-0.25, -0.2) is 9.67 Å². The summed E-state index contributed by atoms with van der Waals surface area (Å²) >= 11 is 0. The minimum absolute atomic E-state index is 0.514. The molecular formula is C28H21N3O. The molecule has 1 aromatic heterocycles. The average Bonchev–Trinajstić information content (AvgIpc) is 3.37. The molecular weight excluding hydrogens is 394 g/mol. The minimum atomic E-state index is -0.731. The van der Waals surface area contributed by atoms with Crippen LogP contribution in [0.3, 0.4) is 0 Å². The second kappa shape index (κ2) is 8.44. The first-order valence-electron chi connectivity index (χ1n) is 10.5. The van der Waals surface area contributed by atoms with Gasteiger partial charge in [0, 0.05) is 11.1 Å². The molecule has 4 nitrogen and oxygen atoms in total. The molecule has 1 heterocycles. The van der Waals surface area contributed by atoms with Crippen LogP contribution in [0.4, 0.5) is 0 Å². The molecule has 0 amide bonds. The number of nitrogens with zero attached hydrogens (tertiary/aromatic N) is 3. The molecule has 4 aromatic carbocycles. The zero-order chi connectivity index (χ0) is 21.8. The van der Waals surface area contributed by atoms with Gasteiger partial charge in [-0.1, -0.05) is 115 Å². The van der Waals surface area contributed by atoms with Gasteiger partial charge in [0.15, 0.2) is 12.1 Å². The van der Waals surface area contributed by atoms with Gasteiger partial charge in [0.1, 0.15) is 11.9 Å². The fourth-order valence-corrected chi connectivity index (χ4v) is 4.29. The van der Waals surface area contributed by atoms with Gasteiger partial charge < -0.3 is 0 Å². The summed E-state index contributed by atoms with van der Waals surface area (Å²) in [5.74, 6) is 0.514. The summed E-state index contributed by atoms with van der Waals surface area (Å²) < 4.78 is 1.91. The van der Waals surface area contributed by atoms with E-state index in [-0.39, 0.29) is 0 Å². The van der Waals surface area contributed by atoms with Crippen LogP contribution in [-0.4, -0.2) is 21.1 Å². The van der Waals surface area contributed by atoms with Crippen molar-refractivity contribution in [1.29, 1.82) is 0 Å². The fourth-order valence-electron chi connectivity index (χ4n) is 4.29. The number of carbonyl (C=O) groups is 1. The smallest absolute Gasteiger partial charge is 0.181 e. The summed E-state index contributed by atoms with van der Waals surface area (Å²) in [6.07, 6.45) is 2.60. The van der Waals surface area contributed by atoms with Crippen LogP contribution >= 0.6 is 0 Å². The van der Waals surface area contributed by atoms with Gasteiger partial charge in [-0.15, -0.1) is 5.10 Å². The highest BCUT2D eigenvalue weighted by Gasteiger charge is 2.39. The van der Waals surface area contributed by atoms with Gasteiger partial charge in [-0.2, -0.15) is 0 Å². The third kappa shape index (κ3) is 3.22. The van der Waals surface area contributed by atoms with Gasteiger partial charge in [-0.3, -0.25) is 4.79 Å². The standard InChI is InChI=1S/C28H21N3O/c32-20-22-12-10-11-19-26(22)27-29-21-31(30-27)28(23-13-4-1-5-14-23,24-15-6-2-7-16-24)25-17-8-3-9-18-25/h1-21H. The molecule has 0 saturated carbocycles. The Morgan fingerprint density at radius 1 is 0.625 bits per heavy atom. The van der Waals surface area contributed by atoms with Crippen LogP contribution in [0.25, 0.3) is 11.4 Å². The molecule has 0 unspecified atom stereocenters. The highest BCUT2D eigenvalue weighted by atomic mass is 16.1. The van der Waals surface area contributed by atoms with E-state index in [9.17, 15) is 4.79 Å². The maximum Gasteiger partial charge on any atom is 0.181 e. The largest absolute Gasteiger partial charge is 0.298 e. The van der Waals surface area contributed by atoms with Crippen molar-refractivity contribution in [2.45, 2.75) is 5.54 Å². The molecule has 0 spiro atoms. The van der Waals surface area contributed by atoms with Crippen molar-refractivity contribution in [2.24, 2.45) is 0 Å². The molecule has 0 aliphatic heterocycles. The number of aldehydes is 1. The molecule has 0 bridgehead atoms. The average molecular weight is 415 g/mol. The number of hydrogen-bond acceptors (Lipinski definition) is 3. The van der Waals surface area contributed by atoms with Crippen LogP contribution in [0.15, 0.2) is 122 Å². The lowest BCUT2D eigenvalue weighted by Gasteiger charge is -2.35. The third-order valence-corrected chi connectivity index (χ3v) is 5.74. The maximum absolute atomic E-state index is 11.6. The Labute approximate surface area is 186 Å². The van der Waals surface area contributed by atoms with E-state index in [0.29, 0.717) is 17.0 Å². The molecule has 0 fully saturated rings. The van der Waals surface area contributed by atoms with Crippen LogP contribution in [0.5, 0.6) is 0 Å². The normalized spacial score (nSPS) is 11.2. The van der Waals surface area contributed by atoms with Crippen LogP contribution in [-0.2, 0) is 5.54 Å². The van der Waals surface area contributed by atoms with Crippen LogP contribution in [0.1, 0.15) is 27.0 Å². The van der Waals surface area contributed by atoms with Gasteiger partial charge in [0.25, 0.3) is 0 Å². The fraction of sp³-hybridized carbons (Fsp3) is 0.0357. The second-order valence-electron chi connectivity index (χ2n) is 7.53. The predicted molar refractivity (Wildman–Crippen MR) is 125 cm³/mol. The monoisotopic (exact) mass is 415 g/mol. The van der Waals surface area contributed by atoms with E-state index in [4.69, 9.17) is 5.10 Å². The number of rotatable bonds is 6. The van der Waals surface area contributed by atoms with E-state index in [2.05, 4.69) is 41.4 Å². The Balaban J connectivity index is 1.82. The maximum atomic E-state index is 11.6.